The van der Waals surface area contributed by atoms with Crippen molar-refractivity contribution in [3.8, 4) is 5.75 Å². The van der Waals surface area contributed by atoms with E-state index in [2.05, 4.69) is 0 Å². The Kier molecular flexibility index (Phi) is 4.90. The maximum atomic E-state index is 10.6. The Balaban J connectivity index is 0.00000169. The van der Waals surface area contributed by atoms with Crippen LogP contribution in [0.25, 0.3) is 0 Å². The minimum atomic E-state index is -4.52. The first-order chi connectivity index (χ1) is 5.96. The summed E-state index contributed by atoms with van der Waals surface area (Å²) in [5.74, 6) is 0.178. The summed E-state index contributed by atoms with van der Waals surface area (Å²) in [4.78, 5) is -0.452. The van der Waals surface area contributed by atoms with Gasteiger partial charge < -0.3 is 15.0 Å². The first-order valence-corrected chi connectivity index (χ1v) is 4.76. The fraction of sp³-hybridized carbons (Fsp3) is 0.143. The van der Waals surface area contributed by atoms with Gasteiger partial charge >= 0.3 is 29.6 Å². The molecule has 72 valence electrons. The topological polar surface area (TPSA) is 92.5 Å². The molecule has 0 bridgehead atoms. The standard InChI is InChI=1S/C7H9NO4S.Na/c1-12-5-3-2-4-6(7(5)8)13(9,10)11;/h2-4H,8H2,1H3,(H,9,10,11);/q;+1/p-1. The number of nitrogens with two attached hydrogens (primary N) is 1. The van der Waals surface area contributed by atoms with Gasteiger partial charge in [-0.2, -0.15) is 0 Å². The van der Waals surface area contributed by atoms with Gasteiger partial charge in [0.25, 0.3) is 0 Å². The number of hydrogen-bond acceptors (Lipinski definition) is 5. The predicted molar refractivity (Wildman–Crippen MR) is 45.4 cm³/mol. The van der Waals surface area contributed by atoms with Gasteiger partial charge in [-0.1, -0.05) is 6.07 Å². The van der Waals surface area contributed by atoms with Crippen LogP contribution in [0, 0.1) is 0 Å². The van der Waals surface area contributed by atoms with Crippen LogP contribution in [0.5, 0.6) is 5.75 Å². The molecule has 0 fully saturated rings. The number of para-hydroxylation sites is 1. The number of anilines is 1. The summed E-state index contributed by atoms with van der Waals surface area (Å²) in [5, 5.41) is 0. The minimum Gasteiger partial charge on any atom is -0.744 e. The first kappa shape index (κ1) is 13.7. The van der Waals surface area contributed by atoms with Crippen LogP contribution in [0.1, 0.15) is 0 Å². The third-order valence-corrected chi connectivity index (χ3v) is 2.41. The van der Waals surface area contributed by atoms with E-state index in [4.69, 9.17) is 10.5 Å². The Morgan fingerprint density at radius 3 is 2.43 bits per heavy atom. The van der Waals surface area contributed by atoms with Crippen molar-refractivity contribution in [1.29, 1.82) is 0 Å². The maximum Gasteiger partial charge on any atom is 1.00 e. The Morgan fingerprint density at radius 2 is 2.00 bits per heavy atom. The summed E-state index contributed by atoms with van der Waals surface area (Å²) >= 11 is 0. The molecular weight excluding hydrogens is 217 g/mol. The molecule has 0 saturated heterocycles. The molecule has 0 amide bonds. The summed E-state index contributed by atoms with van der Waals surface area (Å²) in [6.45, 7) is 0. The molecule has 0 aromatic heterocycles. The third kappa shape index (κ3) is 2.86. The van der Waals surface area contributed by atoms with Crippen LogP contribution in [-0.2, 0) is 10.1 Å². The molecule has 2 N–H and O–H groups in total. The SMILES string of the molecule is COc1cccc(S(=O)(=O)[O-])c1N.[Na+]. The Bertz CT molecular complexity index is 418. The molecule has 0 aliphatic heterocycles. The van der Waals surface area contributed by atoms with E-state index in [1.54, 1.807) is 0 Å². The molecule has 7 heteroatoms. The number of methoxy groups -OCH3 is 1. The van der Waals surface area contributed by atoms with Gasteiger partial charge in [-0.15, -0.1) is 0 Å². The van der Waals surface area contributed by atoms with E-state index in [9.17, 15) is 13.0 Å². The van der Waals surface area contributed by atoms with E-state index in [1.165, 1.54) is 19.2 Å². The fourth-order valence-electron chi connectivity index (χ4n) is 0.920. The van der Waals surface area contributed by atoms with E-state index in [-0.39, 0.29) is 41.0 Å². The van der Waals surface area contributed by atoms with Crippen molar-refractivity contribution in [3.05, 3.63) is 18.2 Å². The van der Waals surface area contributed by atoms with E-state index in [1.807, 2.05) is 0 Å². The van der Waals surface area contributed by atoms with Crippen molar-refractivity contribution in [2.75, 3.05) is 12.8 Å². The van der Waals surface area contributed by atoms with Gasteiger partial charge in [0.05, 0.1) is 17.7 Å². The van der Waals surface area contributed by atoms with Crippen molar-refractivity contribution in [3.63, 3.8) is 0 Å². The quantitative estimate of drug-likeness (QED) is 0.333. The molecule has 0 spiro atoms. The van der Waals surface area contributed by atoms with E-state index < -0.39 is 15.0 Å². The minimum absolute atomic E-state index is 0. The van der Waals surface area contributed by atoms with Crippen LogP contribution in [-0.4, -0.2) is 20.1 Å². The van der Waals surface area contributed by atoms with E-state index in [0.29, 0.717) is 0 Å². The summed E-state index contributed by atoms with van der Waals surface area (Å²) in [6.07, 6.45) is 0. The smallest absolute Gasteiger partial charge is 0.744 e. The molecule has 0 aliphatic carbocycles. The van der Waals surface area contributed by atoms with Gasteiger partial charge in [-0.3, -0.25) is 0 Å². The molecule has 0 radical (unpaired) electrons. The Labute approximate surface area is 104 Å². The second kappa shape index (κ2) is 4.99. The van der Waals surface area contributed by atoms with Crippen LogP contribution in [0.2, 0.25) is 0 Å². The molecule has 0 atom stereocenters. The number of ether oxygens (including phenoxy) is 1. The molecule has 14 heavy (non-hydrogen) atoms. The second-order valence-electron chi connectivity index (χ2n) is 2.33. The normalized spacial score (nSPS) is 10.4. The molecule has 0 aliphatic rings. The average Bonchev–Trinajstić information content (AvgIpc) is 2.02. The maximum absolute atomic E-state index is 10.6. The number of hydrogen-bond donors (Lipinski definition) is 1. The van der Waals surface area contributed by atoms with Crippen LogP contribution >= 0.6 is 0 Å². The molecule has 1 aromatic rings. The van der Waals surface area contributed by atoms with Gasteiger partial charge in [0.2, 0.25) is 0 Å². The summed E-state index contributed by atoms with van der Waals surface area (Å²) in [7, 11) is -3.18. The van der Waals surface area contributed by atoms with E-state index >= 15 is 0 Å². The summed E-state index contributed by atoms with van der Waals surface area (Å²) in [6, 6.07) is 4.00. The zero-order chi connectivity index (χ0) is 10.1. The Hall–Kier alpha value is -0.270. The largest absolute Gasteiger partial charge is 1.00 e. The summed E-state index contributed by atoms with van der Waals surface area (Å²) < 4.78 is 36.6. The zero-order valence-corrected chi connectivity index (χ0v) is 10.7. The Morgan fingerprint density at radius 1 is 1.43 bits per heavy atom. The van der Waals surface area contributed by atoms with Gasteiger partial charge in [-0.25, -0.2) is 8.42 Å². The molecule has 0 unspecified atom stereocenters. The average molecular weight is 225 g/mol. The molecule has 0 heterocycles. The number of benzene rings is 1. The number of rotatable bonds is 2. The molecule has 1 aromatic carbocycles. The fourth-order valence-corrected chi connectivity index (χ4v) is 1.54. The van der Waals surface area contributed by atoms with Crippen molar-refractivity contribution in [2.45, 2.75) is 4.90 Å². The van der Waals surface area contributed by atoms with Crippen LogP contribution in [0.3, 0.4) is 0 Å². The second-order valence-corrected chi connectivity index (χ2v) is 3.67. The molecular formula is C7H8NNaO4S. The predicted octanol–water partition coefficient (Wildman–Crippen LogP) is -2.81. The van der Waals surface area contributed by atoms with Crippen LogP contribution in [0.15, 0.2) is 23.1 Å². The van der Waals surface area contributed by atoms with E-state index in [0.717, 1.165) is 6.07 Å². The molecule has 1 rings (SSSR count). The number of nitrogen functional groups attached to an aromatic ring is 1. The summed E-state index contributed by atoms with van der Waals surface area (Å²) in [5.41, 5.74) is 5.22. The first-order valence-electron chi connectivity index (χ1n) is 3.35. The van der Waals surface area contributed by atoms with Gasteiger partial charge in [0.1, 0.15) is 15.9 Å². The molecule has 5 nitrogen and oxygen atoms in total. The van der Waals surface area contributed by atoms with Crippen molar-refractivity contribution >= 4 is 15.8 Å². The third-order valence-electron chi connectivity index (χ3n) is 1.52. The van der Waals surface area contributed by atoms with Crippen LogP contribution < -0.4 is 40.0 Å². The van der Waals surface area contributed by atoms with Crippen molar-refractivity contribution in [1.82, 2.24) is 0 Å². The van der Waals surface area contributed by atoms with Crippen LogP contribution in [0.4, 0.5) is 5.69 Å². The zero-order valence-electron chi connectivity index (χ0n) is 7.85. The van der Waals surface area contributed by atoms with Crippen molar-refractivity contribution < 1.29 is 47.3 Å². The monoisotopic (exact) mass is 225 g/mol. The van der Waals surface area contributed by atoms with Gasteiger partial charge in [0.15, 0.2) is 0 Å². The van der Waals surface area contributed by atoms with Gasteiger partial charge in [0, 0.05) is 0 Å². The van der Waals surface area contributed by atoms with Crippen molar-refractivity contribution in [2.24, 2.45) is 0 Å². The van der Waals surface area contributed by atoms with Gasteiger partial charge in [-0.05, 0) is 12.1 Å². The molecule has 0 saturated carbocycles.